The molecule has 16 heavy (non-hydrogen) atoms. The first-order valence-corrected chi connectivity index (χ1v) is 5.16. The summed E-state index contributed by atoms with van der Waals surface area (Å²) >= 11 is 0. The molecule has 1 amide bonds. The van der Waals surface area contributed by atoms with E-state index in [0.717, 1.165) is 17.1 Å². The zero-order valence-corrected chi connectivity index (χ0v) is 9.95. The number of nitrogens with one attached hydrogen (secondary N) is 1. The van der Waals surface area contributed by atoms with Crippen molar-refractivity contribution in [2.75, 3.05) is 25.5 Å². The Morgan fingerprint density at radius 1 is 1.56 bits per heavy atom. The van der Waals surface area contributed by atoms with Gasteiger partial charge in [0.15, 0.2) is 0 Å². The topological polar surface area (TPSA) is 71.2 Å². The Kier molecular flexibility index (Phi) is 4.25. The molecule has 1 rings (SSSR count). The summed E-state index contributed by atoms with van der Waals surface area (Å²) in [5.41, 5.74) is 7.49. The molecule has 0 radical (unpaired) electrons. The van der Waals surface area contributed by atoms with Gasteiger partial charge in [0.05, 0.1) is 6.54 Å². The quantitative estimate of drug-likeness (QED) is 0.754. The number of hydrogen-bond donors (Lipinski definition) is 2. The van der Waals surface area contributed by atoms with Crippen LogP contribution in [0, 0.1) is 6.92 Å². The van der Waals surface area contributed by atoms with Crippen LogP contribution in [0.2, 0.25) is 0 Å². The Morgan fingerprint density at radius 3 is 2.81 bits per heavy atom. The van der Waals surface area contributed by atoms with E-state index >= 15 is 0 Å². The lowest BCUT2D eigenvalue weighted by molar-refractivity contribution is -0.119. The third-order valence-electron chi connectivity index (χ3n) is 2.34. The fraction of sp³-hybridized carbons (Fsp3) is 0.455. The highest BCUT2D eigenvalue weighted by atomic mass is 16.1. The van der Waals surface area contributed by atoms with Crippen molar-refractivity contribution >= 4 is 11.7 Å². The highest BCUT2D eigenvalue weighted by molar-refractivity contribution is 5.80. The average Bonchev–Trinajstić information content (AvgIpc) is 2.28. The van der Waals surface area contributed by atoms with Gasteiger partial charge in [-0.05, 0) is 13.0 Å². The number of nitrogens with two attached hydrogens (primary N) is 1. The average molecular weight is 222 g/mol. The number of pyridine rings is 1. The van der Waals surface area contributed by atoms with E-state index in [0.29, 0.717) is 6.54 Å². The van der Waals surface area contributed by atoms with Gasteiger partial charge in [-0.1, -0.05) is 6.07 Å². The molecule has 0 unspecified atom stereocenters. The van der Waals surface area contributed by atoms with Gasteiger partial charge >= 0.3 is 0 Å². The Hall–Kier alpha value is -1.62. The predicted molar refractivity (Wildman–Crippen MR) is 64.2 cm³/mol. The van der Waals surface area contributed by atoms with E-state index < -0.39 is 0 Å². The van der Waals surface area contributed by atoms with Gasteiger partial charge in [0.1, 0.15) is 5.82 Å². The first-order chi connectivity index (χ1) is 7.58. The highest BCUT2D eigenvalue weighted by Gasteiger charge is 2.11. The van der Waals surface area contributed by atoms with Crippen molar-refractivity contribution in [3.63, 3.8) is 0 Å². The van der Waals surface area contributed by atoms with Crippen molar-refractivity contribution in [1.82, 2.24) is 10.3 Å². The summed E-state index contributed by atoms with van der Waals surface area (Å²) in [5, 5.41) is 2.58. The Morgan fingerprint density at radius 2 is 2.25 bits per heavy atom. The van der Waals surface area contributed by atoms with Crippen LogP contribution in [0.3, 0.4) is 0 Å². The van der Waals surface area contributed by atoms with Crippen LogP contribution in [-0.4, -0.2) is 31.5 Å². The number of anilines is 1. The number of carbonyl (C=O) groups excluding carboxylic acids is 1. The summed E-state index contributed by atoms with van der Waals surface area (Å²) in [6.45, 7) is 2.61. The Balaban J connectivity index is 2.92. The maximum absolute atomic E-state index is 11.3. The summed E-state index contributed by atoms with van der Waals surface area (Å²) in [7, 11) is 3.44. The minimum atomic E-state index is -0.0474. The maximum Gasteiger partial charge on any atom is 0.239 e. The van der Waals surface area contributed by atoms with E-state index in [4.69, 9.17) is 5.73 Å². The van der Waals surface area contributed by atoms with Gasteiger partial charge in [0, 0.05) is 31.9 Å². The van der Waals surface area contributed by atoms with Crippen molar-refractivity contribution in [3.8, 4) is 0 Å². The molecule has 0 atom stereocenters. The minimum absolute atomic E-state index is 0.0474. The van der Waals surface area contributed by atoms with Gasteiger partial charge in [0.25, 0.3) is 0 Å². The summed E-state index contributed by atoms with van der Waals surface area (Å²) in [4.78, 5) is 17.5. The molecule has 0 bridgehead atoms. The van der Waals surface area contributed by atoms with Crippen molar-refractivity contribution < 1.29 is 4.79 Å². The molecule has 0 spiro atoms. The van der Waals surface area contributed by atoms with Gasteiger partial charge in [-0.15, -0.1) is 0 Å². The van der Waals surface area contributed by atoms with Crippen molar-refractivity contribution in [2.24, 2.45) is 5.73 Å². The normalized spacial score (nSPS) is 10.0. The van der Waals surface area contributed by atoms with Crippen molar-refractivity contribution in [2.45, 2.75) is 13.5 Å². The van der Waals surface area contributed by atoms with Crippen molar-refractivity contribution in [1.29, 1.82) is 0 Å². The van der Waals surface area contributed by atoms with E-state index in [9.17, 15) is 4.79 Å². The summed E-state index contributed by atoms with van der Waals surface area (Å²) < 4.78 is 0. The van der Waals surface area contributed by atoms with Crippen molar-refractivity contribution in [3.05, 3.63) is 23.4 Å². The standard InChI is InChI=1S/C11H18N4O/c1-8-4-5-9(6-12)11(14-8)15(3)7-10(16)13-2/h4-5H,6-7,12H2,1-3H3,(H,13,16). The van der Waals surface area contributed by atoms with E-state index in [1.165, 1.54) is 0 Å². The van der Waals surface area contributed by atoms with Gasteiger partial charge < -0.3 is 16.0 Å². The molecule has 0 saturated carbocycles. The molecule has 1 heterocycles. The number of carbonyl (C=O) groups is 1. The largest absolute Gasteiger partial charge is 0.358 e. The lowest BCUT2D eigenvalue weighted by Crippen LogP contribution is -2.34. The van der Waals surface area contributed by atoms with Crippen LogP contribution in [-0.2, 0) is 11.3 Å². The Labute approximate surface area is 95.7 Å². The minimum Gasteiger partial charge on any atom is -0.358 e. The molecule has 0 saturated heterocycles. The highest BCUT2D eigenvalue weighted by Crippen LogP contribution is 2.16. The number of aryl methyl sites for hydroxylation is 1. The molecule has 0 aromatic carbocycles. The van der Waals surface area contributed by atoms with Crippen LogP contribution in [0.25, 0.3) is 0 Å². The van der Waals surface area contributed by atoms with E-state index in [2.05, 4.69) is 10.3 Å². The molecule has 0 aliphatic rings. The van der Waals surface area contributed by atoms with Gasteiger partial charge in [-0.3, -0.25) is 4.79 Å². The fourth-order valence-electron chi connectivity index (χ4n) is 1.43. The lowest BCUT2D eigenvalue weighted by atomic mass is 10.2. The van der Waals surface area contributed by atoms with Crippen LogP contribution in [0.4, 0.5) is 5.82 Å². The zero-order chi connectivity index (χ0) is 12.1. The summed E-state index contributed by atoms with van der Waals surface area (Å²) in [6.07, 6.45) is 0. The smallest absolute Gasteiger partial charge is 0.239 e. The van der Waals surface area contributed by atoms with Gasteiger partial charge in [-0.2, -0.15) is 0 Å². The first-order valence-electron chi connectivity index (χ1n) is 5.16. The molecule has 0 aliphatic carbocycles. The number of rotatable bonds is 4. The number of amides is 1. The van der Waals surface area contributed by atoms with E-state index in [1.54, 1.807) is 11.9 Å². The van der Waals surface area contributed by atoms with Crippen LogP contribution in [0.5, 0.6) is 0 Å². The molecule has 5 nitrogen and oxygen atoms in total. The number of aromatic nitrogens is 1. The lowest BCUT2D eigenvalue weighted by Gasteiger charge is -2.20. The van der Waals surface area contributed by atoms with E-state index in [-0.39, 0.29) is 12.5 Å². The SMILES string of the molecule is CNC(=O)CN(C)c1nc(C)ccc1CN. The number of hydrogen-bond acceptors (Lipinski definition) is 4. The van der Waals surface area contributed by atoms with Crippen LogP contribution in [0.1, 0.15) is 11.3 Å². The molecule has 3 N–H and O–H groups in total. The second-order valence-corrected chi connectivity index (χ2v) is 3.67. The molecular weight excluding hydrogens is 204 g/mol. The molecule has 5 heteroatoms. The van der Waals surface area contributed by atoms with Crippen LogP contribution in [0.15, 0.2) is 12.1 Å². The fourth-order valence-corrected chi connectivity index (χ4v) is 1.43. The second-order valence-electron chi connectivity index (χ2n) is 3.67. The molecule has 0 aliphatic heterocycles. The van der Waals surface area contributed by atoms with Crippen LogP contribution >= 0.6 is 0 Å². The molecule has 1 aromatic heterocycles. The number of nitrogens with zero attached hydrogens (tertiary/aromatic N) is 2. The zero-order valence-electron chi connectivity index (χ0n) is 9.95. The predicted octanol–water partition coefficient (Wildman–Crippen LogP) is 0.0309. The monoisotopic (exact) mass is 222 g/mol. The third-order valence-corrected chi connectivity index (χ3v) is 2.34. The van der Waals surface area contributed by atoms with Gasteiger partial charge in [0.2, 0.25) is 5.91 Å². The summed E-state index contributed by atoms with van der Waals surface area (Å²) in [6, 6.07) is 3.86. The molecule has 0 fully saturated rings. The second kappa shape index (κ2) is 5.46. The Bertz CT molecular complexity index is 378. The van der Waals surface area contributed by atoms with Crippen LogP contribution < -0.4 is 16.0 Å². The third kappa shape index (κ3) is 2.93. The molecule has 1 aromatic rings. The first kappa shape index (κ1) is 12.4. The summed E-state index contributed by atoms with van der Waals surface area (Å²) in [5.74, 6) is 0.722. The molecular formula is C11H18N4O. The molecule has 88 valence electrons. The number of likely N-dealkylation sites (N-methyl/N-ethyl adjacent to an activating group) is 2. The maximum atomic E-state index is 11.3. The van der Waals surface area contributed by atoms with Gasteiger partial charge in [-0.25, -0.2) is 4.98 Å². The van der Waals surface area contributed by atoms with E-state index in [1.807, 2.05) is 26.1 Å².